The van der Waals surface area contributed by atoms with Gasteiger partial charge in [-0.25, -0.2) is 0 Å². The molecule has 0 atom stereocenters. The molecule has 0 aliphatic carbocycles. The van der Waals surface area contributed by atoms with E-state index in [0.29, 0.717) is 11.1 Å². The van der Waals surface area contributed by atoms with Crippen molar-refractivity contribution in [2.75, 3.05) is 0 Å². The predicted molar refractivity (Wildman–Crippen MR) is 97.3 cm³/mol. The topological polar surface area (TPSA) is 34.1 Å². The second-order valence-corrected chi connectivity index (χ2v) is 5.85. The first-order valence-corrected chi connectivity index (χ1v) is 7.87. The molecule has 0 N–H and O–H groups in total. The summed E-state index contributed by atoms with van der Waals surface area (Å²) in [5.74, 6) is 0.129. The van der Waals surface area contributed by atoms with E-state index in [1.165, 1.54) is 0 Å². The van der Waals surface area contributed by atoms with Crippen molar-refractivity contribution < 1.29 is 9.59 Å². The third kappa shape index (κ3) is 3.33. The van der Waals surface area contributed by atoms with Crippen LogP contribution in [0.3, 0.4) is 0 Å². The zero-order valence-corrected chi connectivity index (χ0v) is 13.7. The summed E-state index contributed by atoms with van der Waals surface area (Å²) >= 11 is 0. The van der Waals surface area contributed by atoms with Gasteiger partial charge in [-0.15, -0.1) is 0 Å². The van der Waals surface area contributed by atoms with Crippen LogP contribution in [0.1, 0.15) is 34.6 Å². The maximum Gasteiger partial charge on any atom is 0.159 e. The molecule has 118 valence electrons. The van der Waals surface area contributed by atoms with E-state index in [1.807, 2.05) is 66.7 Å². The van der Waals surface area contributed by atoms with Crippen LogP contribution in [0.5, 0.6) is 0 Å². The normalized spacial score (nSPS) is 10.4. The van der Waals surface area contributed by atoms with Gasteiger partial charge in [-0.3, -0.25) is 9.59 Å². The summed E-state index contributed by atoms with van der Waals surface area (Å²) in [5, 5.41) is 0. The van der Waals surface area contributed by atoms with Gasteiger partial charge in [0.15, 0.2) is 11.6 Å². The summed E-state index contributed by atoms with van der Waals surface area (Å²) in [7, 11) is 0. The van der Waals surface area contributed by atoms with Gasteiger partial charge in [0.1, 0.15) is 0 Å². The summed E-state index contributed by atoms with van der Waals surface area (Å²) < 4.78 is 0. The lowest BCUT2D eigenvalue weighted by atomic mass is 9.97. The molecule has 2 nitrogen and oxygen atoms in total. The Morgan fingerprint density at radius 3 is 1.62 bits per heavy atom. The second kappa shape index (κ2) is 6.63. The Hall–Kier alpha value is -3.00. The van der Waals surface area contributed by atoms with E-state index in [1.54, 1.807) is 13.8 Å². The Morgan fingerprint density at radius 2 is 1.04 bits per heavy atom. The molecule has 0 heterocycles. The molecule has 24 heavy (non-hydrogen) atoms. The fourth-order valence-corrected chi connectivity index (χ4v) is 2.69. The van der Waals surface area contributed by atoms with E-state index in [2.05, 4.69) is 6.07 Å². The SMILES string of the molecule is CC(=O)c1ccc(-c2cccc(-c3cccc(C(C)=O)c3)c2)cc1. The lowest BCUT2D eigenvalue weighted by molar-refractivity contribution is 0.100. The van der Waals surface area contributed by atoms with Crippen LogP contribution in [-0.4, -0.2) is 11.6 Å². The third-order valence-corrected chi connectivity index (χ3v) is 4.09. The number of carbonyl (C=O) groups is 2. The van der Waals surface area contributed by atoms with E-state index in [-0.39, 0.29) is 11.6 Å². The molecule has 3 aromatic carbocycles. The van der Waals surface area contributed by atoms with Gasteiger partial charge in [-0.05, 0) is 48.2 Å². The van der Waals surface area contributed by atoms with Crippen LogP contribution in [-0.2, 0) is 0 Å². The highest BCUT2D eigenvalue weighted by atomic mass is 16.1. The van der Waals surface area contributed by atoms with Gasteiger partial charge < -0.3 is 0 Å². The maximum atomic E-state index is 11.6. The van der Waals surface area contributed by atoms with E-state index in [0.717, 1.165) is 22.3 Å². The van der Waals surface area contributed by atoms with Gasteiger partial charge in [-0.1, -0.05) is 60.7 Å². The first-order chi connectivity index (χ1) is 11.5. The van der Waals surface area contributed by atoms with Crippen molar-refractivity contribution in [1.29, 1.82) is 0 Å². The Labute approximate surface area is 141 Å². The highest BCUT2D eigenvalue weighted by Gasteiger charge is 2.05. The molecule has 0 spiro atoms. The molecular weight excluding hydrogens is 296 g/mol. The maximum absolute atomic E-state index is 11.6. The summed E-state index contributed by atoms with van der Waals surface area (Å²) in [4.78, 5) is 23.0. The van der Waals surface area contributed by atoms with Crippen molar-refractivity contribution in [3.63, 3.8) is 0 Å². The molecule has 3 rings (SSSR count). The Morgan fingerprint density at radius 1 is 0.542 bits per heavy atom. The lowest BCUT2D eigenvalue weighted by Crippen LogP contribution is -1.92. The first-order valence-electron chi connectivity index (χ1n) is 7.87. The summed E-state index contributed by atoms with van der Waals surface area (Å²) in [5.41, 5.74) is 5.64. The van der Waals surface area contributed by atoms with Gasteiger partial charge in [-0.2, -0.15) is 0 Å². The summed E-state index contributed by atoms with van der Waals surface area (Å²) in [6, 6.07) is 23.5. The van der Waals surface area contributed by atoms with Crippen LogP contribution in [0.25, 0.3) is 22.3 Å². The molecular formula is C22H18O2. The minimum Gasteiger partial charge on any atom is -0.295 e. The van der Waals surface area contributed by atoms with Crippen molar-refractivity contribution in [2.24, 2.45) is 0 Å². The minimum absolute atomic E-state index is 0.0628. The number of carbonyl (C=O) groups excluding carboxylic acids is 2. The zero-order valence-electron chi connectivity index (χ0n) is 13.7. The number of hydrogen-bond acceptors (Lipinski definition) is 2. The highest BCUT2D eigenvalue weighted by Crippen LogP contribution is 2.27. The van der Waals surface area contributed by atoms with E-state index < -0.39 is 0 Å². The smallest absolute Gasteiger partial charge is 0.159 e. The largest absolute Gasteiger partial charge is 0.295 e. The van der Waals surface area contributed by atoms with Gasteiger partial charge in [0.2, 0.25) is 0 Å². The van der Waals surface area contributed by atoms with Gasteiger partial charge in [0.05, 0.1) is 0 Å². The molecule has 0 bridgehead atoms. The standard InChI is InChI=1S/C22H18O2/c1-15(23)17-9-11-18(12-10-17)20-6-4-8-22(14-20)21-7-3-5-19(13-21)16(2)24/h3-14H,1-2H3. The van der Waals surface area contributed by atoms with Crippen molar-refractivity contribution in [2.45, 2.75) is 13.8 Å². The van der Waals surface area contributed by atoms with Gasteiger partial charge >= 0.3 is 0 Å². The molecule has 0 aliphatic heterocycles. The van der Waals surface area contributed by atoms with Crippen LogP contribution in [0.4, 0.5) is 0 Å². The molecule has 0 aliphatic rings. The quantitative estimate of drug-likeness (QED) is 0.602. The molecule has 0 amide bonds. The van der Waals surface area contributed by atoms with Crippen molar-refractivity contribution >= 4 is 11.6 Å². The van der Waals surface area contributed by atoms with Crippen molar-refractivity contribution in [1.82, 2.24) is 0 Å². The molecule has 0 saturated carbocycles. The second-order valence-electron chi connectivity index (χ2n) is 5.85. The van der Waals surface area contributed by atoms with Crippen LogP contribution < -0.4 is 0 Å². The van der Waals surface area contributed by atoms with Crippen LogP contribution in [0, 0.1) is 0 Å². The molecule has 3 aromatic rings. The monoisotopic (exact) mass is 314 g/mol. The summed E-state index contributed by atoms with van der Waals surface area (Å²) in [6.45, 7) is 3.14. The molecule has 2 heteroatoms. The lowest BCUT2D eigenvalue weighted by Gasteiger charge is -2.08. The number of rotatable bonds is 4. The van der Waals surface area contributed by atoms with Crippen molar-refractivity contribution in [3.05, 3.63) is 83.9 Å². The average Bonchev–Trinajstić information content (AvgIpc) is 2.62. The molecule has 0 saturated heterocycles. The van der Waals surface area contributed by atoms with Crippen LogP contribution in [0.15, 0.2) is 72.8 Å². The van der Waals surface area contributed by atoms with Crippen LogP contribution in [0.2, 0.25) is 0 Å². The Bertz CT molecular complexity index is 905. The molecule has 0 unspecified atom stereocenters. The fraction of sp³-hybridized carbons (Fsp3) is 0.0909. The third-order valence-electron chi connectivity index (χ3n) is 4.09. The van der Waals surface area contributed by atoms with Gasteiger partial charge in [0.25, 0.3) is 0 Å². The zero-order chi connectivity index (χ0) is 17.1. The van der Waals surface area contributed by atoms with E-state index >= 15 is 0 Å². The first kappa shape index (κ1) is 15.9. The van der Waals surface area contributed by atoms with Gasteiger partial charge in [0, 0.05) is 11.1 Å². The Kier molecular flexibility index (Phi) is 4.39. The number of benzene rings is 3. The number of hydrogen-bond donors (Lipinski definition) is 0. The molecule has 0 aromatic heterocycles. The highest BCUT2D eigenvalue weighted by molar-refractivity contribution is 5.95. The van der Waals surface area contributed by atoms with E-state index in [9.17, 15) is 9.59 Å². The van der Waals surface area contributed by atoms with E-state index in [4.69, 9.17) is 0 Å². The predicted octanol–water partition coefficient (Wildman–Crippen LogP) is 5.43. The Balaban J connectivity index is 1.98. The number of Topliss-reactive ketones (excluding diaryl/α,β-unsaturated/α-hetero) is 2. The van der Waals surface area contributed by atoms with Crippen LogP contribution >= 0.6 is 0 Å². The minimum atomic E-state index is 0.0628. The average molecular weight is 314 g/mol. The number of ketones is 2. The van der Waals surface area contributed by atoms with Crippen molar-refractivity contribution in [3.8, 4) is 22.3 Å². The fourth-order valence-electron chi connectivity index (χ4n) is 2.69. The molecule has 0 radical (unpaired) electrons. The summed E-state index contributed by atoms with van der Waals surface area (Å²) in [6.07, 6.45) is 0. The molecule has 0 fully saturated rings.